The van der Waals surface area contributed by atoms with E-state index in [2.05, 4.69) is 15.3 Å². The lowest BCUT2D eigenvalue weighted by atomic mass is 9.87. The minimum Gasteiger partial charge on any atom is -0.489 e. The van der Waals surface area contributed by atoms with Crippen LogP contribution < -0.4 is 15.6 Å². The van der Waals surface area contributed by atoms with E-state index in [9.17, 15) is 9.59 Å². The van der Waals surface area contributed by atoms with Crippen molar-refractivity contribution in [2.75, 3.05) is 5.32 Å². The topological polar surface area (TPSA) is 84.1 Å². The van der Waals surface area contributed by atoms with Gasteiger partial charge < -0.3 is 15.0 Å². The fourth-order valence-corrected chi connectivity index (χ4v) is 3.44. The molecule has 3 aromatic rings. The molecule has 2 N–H and O–H groups in total. The van der Waals surface area contributed by atoms with Crippen molar-refractivity contribution >= 4 is 23.3 Å². The maximum Gasteiger partial charge on any atom is 0.256 e. The van der Waals surface area contributed by atoms with Gasteiger partial charge in [0.15, 0.2) is 0 Å². The smallest absolute Gasteiger partial charge is 0.256 e. The molecule has 6 nitrogen and oxygen atoms in total. The molecular formula is C21H18ClN3O3. The predicted molar refractivity (Wildman–Crippen MR) is 107 cm³/mol. The van der Waals surface area contributed by atoms with E-state index in [0.717, 1.165) is 11.1 Å². The van der Waals surface area contributed by atoms with Crippen molar-refractivity contribution in [3.05, 3.63) is 86.4 Å². The Morgan fingerprint density at radius 2 is 1.82 bits per heavy atom. The first-order valence-corrected chi connectivity index (χ1v) is 9.25. The number of rotatable bonds is 4. The van der Waals surface area contributed by atoms with Crippen LogP contribution in [0.15, 0.2) is 53.3 Å². The second kappa shape index (κ2) is 7.48. The lowest BCUT2D eigenvalue weighted by molar-refractivity contribution is -0.116. The van der Waals surface area contributed by atoms with E-state index in [1.165, 1.54) is 0 Å². The predicted octanol–water partition coefficient (Wildman–Crippen LogP) is 3.78. The van der Waals surface area contributed by atoms with Crippen molar-refractivity contribution in [2.45, 2.75) is 25.9 Å². The maximum atomic E-state index is 12.4. The van der Waals surface area contributed by atoms with Gasteiger partial charge in [0.05, 0.1) is 5.56 Å². The number of carbonyl (C=O) groups excluding carboxylic acids is 1. The number of ether oxygens (including phenoxy) is 1. The van der Waals surface area contributed by atoms with Crippen LogP contribution in [0.3, 0.4) is 0 Å². The Kier molecular flexibility index (Phi) is 4.88. The third-order valence-corrected chi connectivity index (χ3v) is 4.92. The molecule has 1 aliphatic rings. The second-order valence-corrected chi connectivity index (χ2v) is 7.14. The van der Waals surface area contributed by atoms with E-state index in [1.54, 1.807) is 6.92 Å². The molecule has 0 spiro atoms. The zero-order valence-corrected chi connectivity index (χ0v) is 15.9. The third kappa shape index (κ3) is 3.77. The number of anilines is 1. The lowest BCUT2D eigenvalue weighted by Crippen LogP contribution is -2.31. The highest BCUT2D eigenvalue weighted by Gasteiger charge is 2.30. The number of nitrogens with zero attached hydrogens (tertiary/aromatic N) is 1. The molecular weight excluding hydrogens is 378 g/mol. The van der Waals surface area contributed by atoms with Gasteiger partial charge in [-0.2, -0.15) is 0 Å². The van der Waals surface area contributed by atoms with Crippen molar-refractivity contribution in [3.8, 4) is 5.75 Å². The van der Waals surface area contributed by atoms with Crippen LogP contribution in [0, 0.1) is 6.92 Å². The van der Waals surface area contributed by atoms with Crippen molar-refractivity contribution in [3.63, 3.8) is 0 Å². The summed E-state index contributed by atoms with van der Waals surface area (Å²) in [5.74, 6) is 1.01. The Bertz CT molecular complexity index is 1080. The molecule has 1 unspecified atom stereocenters. The molecule has 28 heavy (non-hydrogen) atoms. The highest BCUT2D eigenvalue weighted by Crippen LogP contribution is 2.34. The number of nitrogens with one attached hydrogen (secondary N) is 2. The summed E-state index contributed by atoms with van der Waals surface area (Å²) in [5, 5.41) is 3.38. The molecule has 0 radical (unpaired) electrons. The van der Waals surface area contributed by atoms with Crippen LogP contribution in [0.2, 0.25) is 5.02 Å². The molecule has 2 aromatic carbocycles. The molecule has 0 saturated carbocycles. The number of aryl methyl sites for hydroxylation is 1. The largest absolute Gasteiger partial charge is 0.489 e. The first kappa shape index (κ1) is 18.3. The Morgan fingerprint density at radius 3 is 2.54 bits per heavy atom. The van der Waals surface area contributed by atoms with Crippen LogP contribution in [0.25, 0.3) is 0 Å². The van der Waals surface area contributed by atoms with Crippen molar-refractivity contribution < 1.29 is 9.53 Å². The summed E-state index contributed by atoms with van der Waals surface area (Å²) < 4.78 is 5.80. The number of amides is 1. The fraction of sp³-hybridized carbons (Fsp3) is 0.190. The number of fused-ring (bicyclic) bond motifs is 1. The molecule has 0 fully saturated rings. The summed E-state index contributed by atoms with van der Waals surface area (Å²) in [7, 11) is 0. The van der Waals surface area contributed by atoms with Crippen LogP contribution >= 0.6 is 11.6 Å². The molecule has 0 saturated heterocycles. The molecule has 0 aliphatic carbocycles. The number of benzene rings is 2. The number of halogens is 1. The van der Waals surface area contributed by atoms with Gasteiger partial charge in [0.2, 0.25) is 5.91 Å². The Balaban J connectivity index is 1.55. The van der Waals surface area contributed by atoms with E-state index < -0.39 is 0 Å². The zero-order chi connectivity index (χ0) is 19.7. The summed E-state index contributed by atoms with van der Waals surface area (Å²) in [6, 6.07) is 14.9. The van der Waals surface area contributed by atoms with Gasteiger partial charge in [-0.3, -0.25) is 9.59 Å². The van der Waals surface area contributed by atoms with Crippen molar-refractivity contribution in [1.82, 2.24) is 9.97 Å². The number of hydrogen-bond acceptors (Lipinski definition) is 4. The van der Waals surface area contributed by atoms with Gasteiger partial charge in [-0.25, -0.2) is 4.98 Å². The molecule has 1 atom stereocenters. The van der Waals surface area contributed by atoms with Gasteiger partial charge in [0.1, 0.15) is 24.0 Å². The van der Waals surface area contributed by atoms with Gasteiger partial charge in [-0.1, -0.05) is 35.9 Å². The van der Waals surface area contributed by atoms with E-state index in [4.69, 9.17) is 16.3 Å². The monoisotopic (exact) mass is 395 g/mol. The SMILES string of the molecule is Cc1nc2c(c(=O)[nH]1)C(c1ccc(OCc3ccc(Cl)cc3)cc1)CC(=O)N2. The van der Waals surface area contributed by atoms with Crippen LogP contribution in [0.4, 0.5) is 5.82 Å². The average Bonchev–Trinajstić information content (AvgIpc) is 2.67. The van der Waals surface area contributed by atoms with Gasteiger partial charge >= 0.3 is 0 Å². The number of aromatic amines is 1. The first-order valence-electron chi connectivity index (χ1n) is 8.87. The number of H-pyrrole nitrogens is 1. The van der Waals surface area contributed by atoms with Crippen LogP contribution in [-0.2, 0) is 11.4 Å². The highest BCUT2D eigenvalue weighted by molar-refractivity contribution is 6.30. The maximum absolute atomic E-state index is 12.4. The summed E-state index contributed by atoms with van der Waals surface area (Å²) >= 11 is 5.89. The fourth-order valence-electron chi connectivity index (χ4n) is 3.31. The van der Waals surface area contributed by atoms with Gasteiger partial charge in [-0.15, -0.1) is 0 Å². The first-order chi connectivity index (χ1) is 13.5. The van der Waals surface area contributed by atoms with Gasteiger partial charge in [0, 0.05) is 17.4 Å². The van der Waals surface area contributed by atoms with Crippen molar-refractivity contribution in [1.29, 1.82) is 0 Å². The number of aromatic nitrogens is 2. The lowest BCUT2D eigenvalue weighted by Gasteiger charge is -2.24. The summed E-state index contributed by atoms with van der Waals surface area (Å²) in [4.78, 5) is 31.5. The molecule has 0 bridgehead atoms. The summed E-state index contributed by atoms with van der Waals surface area (Å²) in [6.45, 7) is 2.11. The van der Waals surface area contributed by atoms with Crippen LogP contribution in [0.5, 0.6) is 5.75 Å². The quantitative estimate of drug-likeness (QED) is 0.704. The molecule has 2 heterocycles. The summed E-state index contributed by atoms with van der Waals surface area (Å²) in [5.41, 5.74) is 2.14. The third-order valence-electron chi connectivity index (χ3n) is 4.67. The number of carbonyl (C=O) groups is 1. The minimum absolute atomic E-state index is 0.155. The van der Waals surface area contributed by atoms with Gasteiger partial charge in [0.25, 0.3) is 5.56 Å². The van der Waals surface area contributed by atoms with Gasteiger partial charge in [-0.05, 0) is 42.3 Å². The van der Waals surface area contributed by atoms with Crippen LogP contribution in [-0.4, -0.2) is 15.9 Å². The van der Waals surface area contributed by atoms with E-state index in [0.29, 0.717) is 34.6 Å². The van der Waals surface area contributed by atoms with Crippen molar-refractivity contribution in [2.24, 2.45) is 0 Å². The molecule has 4 rings (SSSR count). The zero-order valence-electron chi connectivity index (χ0n) is 15.2. The van der Waals surface area contributed by atoms with Crippen LogP contribution in [0.1, 0.15) is 34.9 Å². The number of hydrogen-bond donors (Lipinski definition) is 2. The second-order valence-electron chi connectivity index (χ2n) is 6.70. The molecule has 7 heteroatoms. The average molecular weight is 396 g/mol. The molecule has 1 aromatic heterocycles. The highest BCUT2D eigenvalue weighted by atomic mass is 35.5. The Hall–Kier alpha value is -3.12. The normalized spacial score (nSPS) is 15.6. The molecule has 1 amide bonds. The van der Waals surface area contributed by atoms with E-state index >= 15 is 0 Å². The minimum atomic E-state index is -0.342. The molecule has 1 aliphatic heterocycles. The Labute approximate surface area is 166 Å². The standard InChI is InChI=1S/C21H18ClN3O3/c1-12-23-20-19(21(27)24-12)17(10-18(26)25-20)14-4-8-16(9-5-14)28-11-13-2-6-15(22)7-3-13/h2-9,17H,10-11H2,1H3,(H2,23,24,25,26,27). The van der Waals surface area contributed by atoms with E-state index in [-0.39, 0.29) is 23.8 Å². The van der Waals surface area contributed by atoms with E-state index in [1.807, 2.05) is 48.5 Å². The summed E-state index contributed by atoms with van der Waals surface area (Å²) in [6.07, 6.45) is 0.200. The Morgan fingerprint density at radius 1 is 1.11 bits per heavy atom. The molecule has 142 valence electrons.